The first-order valence-corrected chi connectivity index (χ1v) is 16.3. The predicted molar refractivity (Wildman–Crippen MR) is 158 cm³/mol. The molecule has 216 valence electrons. The predicted octanol–water partition coefficient (Wildman–Crippen LogP) is 7.05. The fourth-order valence-electron chi connectivity index (χ4n) is 3.06. The Balaban J connectivity index is -0.000000121. The van der Waals surface area contributed by atoms with Gasteiger partial charge in [-0.3, -0.25) is 14.4 Å². The Morgan fingerprint density at radius 2 is 0.750 bits per heavy atom. The van der Waals surface area contributed by atoms with E-state index in [0.29, 0.717) is 0 Å². The van der Waals surface area contributed by atoms with Crippen LogP contribution in [0.15, 0.2) is 0 Å². The molecule has 0 saturated heterocycles. The van der Waals surface area contributed by atoms with Crippen molar-refractivity contribution in [2.75, 3.05) is 0 Å². The van der Waals surface area contributed by atoms with Crippen LogP contribution in [-0.2, 0) is 14.4 Å². The molecular weight excluding hydrogens is 670 g/mol. The summed E-state index contributed by atoms with van der Waals surface area (Å²) < 4.78 is 1.47. The first-order chi connectivity index (χ1) is 16.6. The molecule has 0 aliphatic carbocycles. The molecule has 36 heavy (non-hydrogen) atoms. The summed E-state index contributed by atoms with van der Waals surface area (Å²) in [5, 5.41) is 25.8. The molecule has 0 rings (SSSR count). The maximum atomic E-state index is 10.4. The van der Waals surface area contributed by atoms with E-state index in [0.717, 1.165) is 77.0 Å². The molecule has 0 aromatic heterocycles. The normalized spacial score (nSPS) is 12.0. The van der Waals surface area contributed by atoms with Gasteiger partial charge in [0.1, 0.15) is 0 Å². The van der Waals surface area contributed by atoms with Gasteiger partial charge in [-0.05, 0) is 38.5 Å². The van der Waals surface area contributed by atoms with Gasteiger partial charge in [0.15, 0.2) is 0 Å². The molecule has 3 unspecified atom stereocenters. The number of carboxylic acid groups (broad SMARTS) is 3. The van der Waals surface area contributed by atoms with Gasteiger partial charge in [-0.25, -0.2) is 0 Å². The molecule has 0 fully saturated rings. The first kappa shape index (κ1) is 45.9. The second-order valence-electron chi connectivity index (χ2n) is 8.90. The van der Waals surface area contributed by atoms with Crippen molar-refractivity contribution in [2.24, 2.45) is 17.8 Å². The minimum absolute atomic E-state index is 0. The quantitative estimate of drug-likeness (QED) is 0.139. The van der Waals surface area contributed by atoms with E-state index < -0.39 is 17.9 Å². The third-order valence-electron chi connectivity index (χ3n) is 5.80. The molecule has 0 aliphatic rings. The van der Waals surface area contributed by atoms with Crippen molar-refractivity contribution in [3.05, 3.63) is 0 Å². The van der Waals surface area contributed by atoms with Crippen molar-refractivity contribution in [1.82, 2.24) is 0 Å². The molecule has 0 saturated carbocycles. The summed E-state index contributed by atoms with van der Waals surface area (Å²) in [6.45, 7) is 14.2. The van der Waals surface area contributed by atoms with E-state index in [1.807, 2.05) is 20.8 Å². The zero-order valence-corrected chi connectivity index (χ0v) is 32.0. The van der Waals surface area contributed by atoms with Crippen LogP contribution in [0.2, 0.25) is 4.44 Å². The van der Waals surface area contributed by atoms with Crippen molar-refractivity contribution in [3.8, 4) is 0 Å². The molecule has 0 aromatic carbocycles. The second-order valence-corrected chi connectivity index (χ2v) is 10.5. The van der Waals surface area contributed by atoms with Crippen molar-refractivity contribution >= 4 is 64.3 Å². The van der Waals surface area contributed by atoms with Gasteiger partial charge in [-0.2, -0.15) is 0 Å². The van der Waals surface area contributed by atoms with Crippen LogP contribution in [0, 0.1) is 17.8 Å². The molecule has 4 radical (unpaired) electrons. The number of rotatable bonds is 17. The molecule has 3 N–H and O–H groups in total. The fourth-order valence-corrected chi connectivity index (χ4v) is 4.23. The van der Waals surface area contributed by atoms with Crippen LogP contribution in [0.1, 0.15) is 138 Å². The van der Waals surface area contributed by atoms with Gasteiger partial charge in [0.05, 0.1) is 17.8 Å². The number of aliphatic carboxylic acids is 3. The summed E-state index contributed by atoms with van der Waals surface area (Å²) in [6, 6.07) is 0. The molecule has 0 aliphatic heterocycles. The average molecular weight is 730 g/mol. The Bertz CT molecular complexity index is 411. The van der Waals surface area contributed by atoms with Crippen LogP contribution in [0.4, 0.5) is 0 Å². The van der Waals surface area contributed by atoms with Gasteiger partial charge in [0, 0.05) is 0 Å². The SMILES string of the molecule is CCCCC(CC)C(=O)O.CCCCC(CC)C(=O)O.CCCCC(CC)C(=O)O.CCC[CH2][SnH].[SnH2]. The summed E-state index contributed by atoms with van der Waals surface area (Å²) in [6.07, 6.45) is 14.0. The van der Waals surface area contributed by atoms with Crippen molar-refractivity contribution < 1.29 is 29.7 Å². The Morgan fingerprint density at radius 1 is 0.528 bits per heavy atom. The maximum absolute atomic E-state index is 10.4. The molecule has 0 amide bonds. The molecule has 6 nitrogen and oxygen atoms in total. The van der Waals surface area contributed by atoms with Crippen LogP contribution in [-0.4, -0.2) is 79.7 Å². The third kappa shape index (κ3) is 36.2. The third-order valence-corrected chi connectivity index (χ3v) is 6.97. The number of hydrogen-bond donors (Lipinski definition) is 3. The number of hydrogen-bond acceptors (Lipinski definition) is 3. The summed E-state index contributed by atoms with van der Waals surface area (Å²) in [5.41, 5.74) is 0. The Labute approximate surface area is 253 Å². The minimum atomic E-state index is -0.643. The number of carbonyl (C=O) groups is 3. The van der Waals surface area contributed by atoms with Crippen molar-refractivity contribution in [2.45, 2.75) is 143 Å². The zero-order valence-electron chi connectivity index (χ0n) is 24.7. The van der Waals surface area contributed by atoms with E-state index in [4.69, 9.17) is 15.3 Å². The van der Waals surface area contributed by atoms with Gasteiger partial charge in [-0.15, -0.1) is 0 Å². The molecule has 0 bridgehead atoms. The number of carboxylic acids is 3. The summed E-state index contributed by atoms with van der Waals surface area (Å²) in [4.78, 5) is 31.3. The fraction of sp³-hybridized carbons (Fsp3) is 0.893. The monoisotopic (exact) mass is 732 g/mol. The average Bonchev–Trinajstić information content (AvgIpc) is 2.82. The second kappa shape index (κ2) is 37.2. The van der Waals surface area contributed by atoms with Gasteiger partial charge >= 0.3 is 88.5 Å². The number of unbranched alkanes of at least 4 members (excludes halogenated alkanes) is 4. The summed E-state index contributed by atoms with van der Waals surface area (Å²) in [5.74, 6) is -2.26. The topological polar surface area (TPSA) is 112 Å². The Morgan fingerprint density at radius 3 is 0.833 bits per heavy atom. The van der Waals surface area contributed by atoms with Gasteiger partial charge in [0.2, 0.25) is 0 Å². The van der Waals surface area contributed by atoms with E-state index in [1.165, 1.54) is 39.8 Å². The van der Waals surface area contributed by atoms with Crippen LogP contribution in [0.3, 0.4) is 0 Å². The van der Waals surface area contributed by atoms with E-state index in [-0.39, 0.29) is 41.7 Å². The van der Waals surface area contributed by atoms with E-state index in [1.54, 1.807) is 0 Å². The summed E-state index contributed by atoms with van der Waals surface area (Å²) >= 11 is 1.45. The molecule has 0 aromatic rings. The molecule has 8 heteroatoms. The standard InChI is InChI=1S/3C8H16O2.C4H9.2Sn.3H/c3*1-3-5-6-7(4-2)8(9)10;1-3-4-2;;;;;/h3*7H,3-6H2,1-2H3,(H,9,10);1,3-4H2,2H3;;;;;. The van der Waals surface area contributed by atoms with Crippen LogP contribution in [0.5, 0.6) is 0 Å². The summed E-state index contributed by atoms with van der Waals surface area (Å²) in [7, 11) is 0. The van der Waals surface area contributed by atoms with Crippen molar-refractivity contribution in [1.29, 1.82) is 0 Å². The van der Waals surface area contributed by atoms with Gasteiger partial charge in [-0.1, -0.05) is 80.1 Å². The van der Waals surface area contributed by atoms with Crippen LogP contribution in [0.25, 0.3) is 0 Å². The molecule has 0 spiro atoms. The van der Waals surface area contributed by atoms with Crippen LogP contribution >= 0.6 is 0 Å². The first-order valence-electron chi connectivity index (χ1n) is 14.0. The Kier molecular flexibility index (Phi) is 47.4. The van der Waals surface area contributed by atoms with E-state index in [2.05, 4.69) is 27.7 Å². The Hall–Kier alpha value is 0.00740. The molecule has 3 atom stereocenters. The molecule has 0 heterocycles. The van der Waals surface area contributed by atoms with E-state index in [9.17, 15) is 14.4 Å². The van der Waals surface area contributed by atoms with Gasteiger partial charge < -0.3 is 15.3 Å². The zero-order chi connectivity index (χ0) is 28.1. The van der Waals surface area contributed by atoms with Crippen molar-refractivity contribution in [3.63, 3.8) is 0 Å². The van der Waals surface area contributed by atoms with E-state index >= 15 is 0 Å². The molecular formula is C28H60O6Sn2. The van der Waals surface area contributed by atoms with Crippen LogP contribution < -0.4 is 0 Å². The van der Waals surface area contributed by atoms with Gasteiger partial charge in [0.25, 0.3) is 0 Å².